The third-order valence-electron chi connectivity index (χ3n) is 3.14. The molecule has 0 heterocycles. The molecule has 1 aliphatic rings. The van der Waals surface area contributed by atoms with E-state index in [0.29, 0.717) is 19.3 Å². The van der Waals surface area contributed by atoms with Gasteiger partial charge >= 0.3 is 6.18 Å². The molecular weight excluding hydrogens is 235 g/mol. The number of hydrogen-bond acceptors (Lipinski definition) is 2. The van der Waals surface area contributed by atoms with Gasteiger partial charge in [0.25, 0.3) is 0 Å². The van der Waals surface area contributed by atoms with E-state index in [2.05, 4.69) is 5.32 Å². The first kappa shape index (κ1) is 14.3. The van der Waals surface area contributed by atoms with Crippen molar-refractivity contribution in [2.45, 2.75) is 57.3 Å². The molecule has 100 valence electrons. The molecule has 1 fully saturated rings. The van der Waals surface area contributed by atoms with Gasteiger partial charge in [-0.15, -0.1) is 0 Å². The number of aliphatic hydroxyl groups excluding tert-OH is 1. The van der Waals surface area contributed by atoms with Crippen LogP contribution in [-0.4, -0.2) is 29.3 Å². The Balaban J connectivity index is 2.28. The van der Waals surface area contributed by atoms with Crippen LogP contribution in [0.1, 0.15) is 39.0 Å². The van der Waals surface area contributed by atoms with E-state index in [1.807, 2.05) is 6.92 Å². The predicted molar refractivity (Wildman–Crippen MR) is 56.2 cm³/mol. The van der Waals surface area contributed by atoms with Gasteiger partial charge in [0.05, 0.1) is 12.5 Å². The van der Waals surface area contributed by atoms with Gasteiger partial charge in [0, 0.05) is 12.5 Å². The predicted octanol–water partition coefficient (Wildman–Crippen LogP) is 1.99. The van der Waals surface area contributed by atoms with E-state index < -0.39 is 24.9 Å². The number of hydrogen-bond donors (Lipinski definition) is 2. The maximum absolute atomic E-state index is 11.9. The van der Waals surface area contributed by atoms with Gasteiger partial charge in [-0.3, -0.25) is 4.79 Å². The Morgan fingerprint density at radius 2 is 2.06 bits per heavy atom. The van der Waals surface area contributed by atoms with Crippen LogP contribution < -0.4 is 5.32 Å². The van der Waals surface area contributed by atoms with E-state index in [4.69, 9.17) is 5.11 Å². The summed E-state index contributed by atoms with van der Waals surface area (Å²) in [5.74, 6) is -0.361. The normalized spacial score (nSPS) is 26.2. The minimum atomic E-state index is -4.29. The molecule has 1 aliphatic carbocycles. The van der Waals surface area contributed by atoms with Crippen LogP contribution in [-0.2, 0) is 4.79 Å². The maximum atomic E-state index is 11.9. The molecule has 0 saturated heterocycles. The Bertz CT molecular complexity index is 262. The van der Waals surface area contributed by atoms with Crippen molar-refractivity contribution < 1.29 is 23.1 Å². The first-order valence-corrected chi connectivity index (χ1v) is 5.86. The Kier molecular flexibility index (Phi) is 4.80. The number of carbonyl (C=O) groups is 1. The Hall–Kier alpha value is -0.780. The molecule has 0 spiro atoms. The standard InChI is InChI=1S/C11H18F3NO2/c1-2-9(7-5-8(16)6-7)15-10(17)3-4-11(12,13)14/h7-9,16H,2-6H2,1H3,(H,15,17)/t7?,8?,9-/m0/s1. The smallest absolute Gasteiger partial charge is 0.389 e. The lowest BCUT2D eigenvalue weighted by molar-refractivity contribution is -0.144. The molecule has 0 bridgehead atoms. The fraction of sp³-hybridized carbons (Fsp3) is 0.909. The third-order valence-corrected chi connectivity index (χ3v) is 3.14. The van der Waals surface area contributed by atoms with E-state index in [-0.39, 0.29) is 18.1 Å². The highest BCUT2D eigenvalue weighted by atomic mass is 19.4. The average molecular weight is 253 g/mol. The van der Waals surface area contributed by atoms with E-state index in [1.165, 1.54) is 0 Å². The van der Waals surface area contributed by atoms with Crippen LogP contribution in [0.15, 0.2) is 0 Å². The fourth-order valence-corrected chi connectivity index (χ4v) is 2.05. The van der Waals surface area contributed by atoms with Gasteiger partial charge in [0.15, 0.2) is 0 Å². The summed E-state index contributed by atoms with van der Waals surface area (Å²) in [4.78, 5) is 11.3. The number of alkyl halides is 3. The van der Waals surface area contributed by atoms with Crippen LogP contribution >= 0.6 is 0 Å². The second-order valence-corrected chi connectivity index (χ2v) is 4.58. The minimum Gasteiger partial charge on any atom is -0.393 e. The SMILES string of the molecule is CC[C@H](NC(=O)CCC(F)(F)F)C1CC(O)C1. The molecule has 1 saturated carbocycles. The Labute approximate surface area is 98.4 Å². The molecule has 0 aromatic carbocycles. The fourth-order valence-electron chi connectivity index (χ4n) is 2.05. The van der Waals surface area contributed by atoms with E-state index in [1.54, 1.807) is 0 Å². The van der Waals surface area contributed by atoms with Crippen molar-refractivity contribution in [3.63, 3.8) is 0 Å². The van der Waals surface area contributed by atoms with E-state index >= 15 is 0 Å². The summed E-state index contributed by atoms with van der Waals surface area (Å²) in [6, 6.07) is -0.112. The topological polar surface area (TPSA) is 49.3 Å². The number of carbonyl (C=O) groups excluding carboxylic acids is 1. The summed E-state index contributed by atoms with van der Waals surface area (Å²) in [5.41, 5.74) is 0. The van der Waals surface area contributed by atoms with Gasteiger partial charge in [-0.25, -0.2) is 0 Å². The lowest BCUT2D eigenvalue weighted by atomic mass is 9.76. The largest absolute Gasteiger partial charge is 0.393 e. The monoisotopic (exact) mass is 253 g/mol. The lowest BCUT2D eigenvalue weighted by Crippen LogP contribution is -2.46. The van der Waals surface area contributed by atoms with Crippen LogP contribution in [0.2, 0.25) is 0 Å². The summed E-state index contributed by atoms with van der Waals surface area (Å²) < 4.78 is 35.7. The van der Waals surface area contributed by atoms with Crippen molar-refractivity contribution >= 4 is 5.91 Å². The molecule has 6 heteroatoms. The molecule has 0 unspecified atom stereocenters. The molecule has 0 aromatic heterocycles. The Morgan fingerprint density at radius 3 is 2.47 bits per heavy atom. The molecule has 1 rings (SSSR count). The van der Waals surface area contributed by atoms with Crippen LogP contribution in [0.25, 0.3) is 0 Å². The van der Waals surface area contributed by atoms with Gasteiger partial charge in [0.1, 0.15) is 0 Å². The highest BCUT2D eigenvalue weighted by Crippen LogP contribution is 2.31. The van der Waals surface area contributed by atoms with Crippen molar-refractivity contribution in [1.82, 2.24) is 5.32 Å². The van der Waals surface area contributed by atoms with Gasteiger partial charge in [0.2, 0.25) is 5.91 Å². The van der Waals surface area contributed by atoms with Crippen molar-refractivity contribution in [2.24, 2.45) is 5.92 Å². The van der Waals surface area contributed by atoms with Crippen LogP contribution in [0, 0.1) is 5.92 Å². The average Bonchev–Trinajstić information content (AvgIpc) is 2.18. The molecule has 17 heavy (non-hydrogen) atoms. The highest BCUT2D eigenvalue weighted by Gasteiger charge is 2.34. The number of aliphatic hydroxyl groups is 1. The zero-order valence-corrected chi connectivity index (χ0v) is 9.76. The zero-order valence-electron chi connectivity index (χ0n) is 9.76. The second kappa shape index (κ2) is 5.71. The van der Waals surface area contributed by atoms with Gasteiger partial charge in [-0.1, -0.05) is 6.92 Å². The summed E-state index contributed by atoms with van der Waals surface area (Å²) in [5, 5.41) is 11.8. The van der Waals surface area contributed by atoms with Gasteiger partial charge in [-0.2, -0.15) is 13.2 Å². The van der Waals surface area contributed by atoms with Crippen molar-refractivity contribution in [3.05, 3.63) is 0 Å². The minimum absolute atomic E-state index is 0.112. The summed E-state index contributed by atoms with van der Waals surface area (Å²) in [6.07, 6.45) is -4.28. The molecule has 1 amide bonds. The second-order valence-electron chi connectivity index (χ2n) is 4.58. The number of rotatable bonds is 5. The molecule has 0 aliphatic heterocycles. The summed E-state index contributed by atoms with van der Waals surface area (Å²) in [6.45, 7) is 1.87. The van der Waals surface area contributed by atoms with Crippen LogP contribution in [0.3, 0.4) is 0 Å². The molecule has 3 nitrogen and oxygen atoms in total. The summed E-state index contributed by atoms with van der Waals surface area (Å²) in [7, 11) is 0. The van der Waals surface area contributed by atoms with Crippen LogP contribution in [0.4, 0.5) is 13.2 Å². The van der Waals surface area contributed by atoms with Crippen molar-refractivity contribution in [1.29, 1.82) is 0 Å². The lowest BCUT2D eigenvalue weighted by Gasteiger charge is -2.37. The van der Waals surface area contributed by atoms with E-state index in [0.717, 1.165) is 0 Å². The highest BCUT2D eigenvalue weighted by molar-refractivity contribution is 5.76. The van der Waals surface area contributed by atoms with E-state index in [9.17, 15) is 18.0 Å². The van der Waals surface area contributed by atoms with Crippen LogP contribution in [0.5, 0.6) is 0 Å². The number of amides is 1. The third kappa shape index (κ3) is 4.93. The molecular formula is C11H18F3NO2. The van der Waals surface area contributed by atoms with Gasteiger partial charge in [-0.05, 0) is 25.2 Å². The summed E-state index contributed by atoms with van der Waals surface area (Å²) >= 11 is 0. The molecule has 0 aromatic rings. The quantitative estimate of drug-likeness (QED) is 0.787. The number of nitrogens with one attached hydrogen (secondary N) is 1. The van der Waals surface area contributed by atoms with Crippen molar-refractivity contribution in [2.75, 3.05) is 0 Å². The molecule has 0 radical (unpaired) electrons. The maximum Gasteiger partial charge on any atom is 0.389 e. The first-order valence-electron chi connectivity index (χ1n) is 5.86. The first-order chi connectivity index (χ1) is 7.81. The molecule has 1 atom stereocenters. The Morgan fingerprint density at radius 1 is 1.47 bits per heavy atom. The zero-order chi connectivity index (χ0) is 13.1. The van der Waals surface area contributed by atoms with Crippen molar-refractivity contribution in [3.8, 4) is 0 Å². The molecule has 2 N–H and O–H groups in total. The number of halogens is 3. The van der Waals surface area contributed by atoms with Gasteiger partial charge < -0.3 is 10.4 Å².